The summed E-state index contributed by atoms with van der Waals surface area (Å²) in [5, 5.41) is 0. The Morgan fingerprint density at radius 1 is 1.17 bits per heavy atom. The lowest BCUT2D eigenvalue weighted by atomic mass is 9.98. The zero-order valence-electron chi connectivity index (χ0n) is 10.7. The molecule has 0 aliphatic heterocycles. The van der Waals surface area contributed by atoms with Gasteiger partial charge in [0.15, 0.2) is 0 Å². The Kier molecular flexibility index (Phi) is 2.74. The van der Waals surface area contributed by atoms with E-state index in [4.69, 9.17) is 4.74 Å². The van der Waals surface area contributed by atoms with Crippen LogP contribution in [-0.4, -0.2) is 17.1 Å². The number of aryl methyl sites for hydroxylation is 1. The summed E-state index contributed by atoms with van der Waals surface area (Å²) in [6.45, 7) is 2.11. The maximum Gasteiger partial charge on any atom is 0.224 e. The number of methoxy groups -OCH3 is 1. The van der Waals surface area contributed by atoms with Crippen LogP contribution in [0.25, 0.3) is 11.1 Å². The van der Waals surface area contributed by atoms with Gasteiger partial charge in [0.2, 0.25) is 5.88 Å². The summed E-state index contributed by atoms with van der Waals surface area (Å²) in [7, 11) is 1.67. The Labute approximate surface area is 107 Å². The van der Waals surface area contributed by atoms with Gasteiger partial charge in [0.05, 0.1) is 18.4 Å². The maximum absolute atomic E-state index is 5.42. The van der Waals surface area contributed by atoms with Crippen LogP contribution in [0.3, 0.4) is 0 Å². The molecule has 18 heavy (non-hydrogen) atoms. The van der Waals surface area contributed by atoms with Crippen molar-refractivity contribution in [2.45, 2.75) is 25.7 Å². The van der Waals surface area contributed by atoms with Gasteiger partial charge in [-0.3, -0.25) is 0 Å². The van der Waals surface area contributed by atoms with Gasteiger partial charge in [-0.25, -0.2) is 9.97 Å². The third-order valence-electron chi connectivity index (χ3n) is 3.41. The molecule has 3 nitrogen and oxygen atoms in total. The first-order valence-electron chi connectivity index (χ1n) is 6.26. The summed E-state index contributed by atoms with van der Waals surface area (Å²) in [6.07, 6.45) is 4.05. The molecule has 1 fully saturated rings. The van der Waals surface area contributed by atoms with Gasteiger partial charge < -0.3 is 4.74 Å². The summed E-state index contributed by atoms with van der Waals surface area (Å²) in [6, 6.07) is 8.32. The van der Waals surface area contributed by atoms with E-state index < -0.39 is 0 Å². The standard InChI is InChI=1S/C15H16N2O/c1-10-5-3-4-6-12(10)13-14(11-7-8-11)16-9-17-15(13)18-2/h3-6,9,11H,7-8H2,1-2H3. The summed E-state index contributed by atoms with van der Waals surface area (Å²) in [5.74, 6) is 1.26. The molecule has 3 rings (SSSR count). The van der Waals surface area contributed by atoms with E-state index in [1.807, 2.05) is 12.1 Å². The van der Waals surface area contributed by atoms with Crippen LogP contribution in [0.2, 0.25) is 0 Å². The molecular formula is C15H16N2O. The van der Waals surface area contributed by atoms with Crippen molar-refractivity contribution in [3.63, 3.8) is 0 Å². The van der Waals surface area contributed by atoms with Crippen LogP contribution in [0.4, 0.5) is 0 Å². The minimum atomic E-state index is 0.580. The van der Waals surface area contributed by atoms with Crippen LogP contribution in [0.5, 0.6) is 5.88 Å². The van der Waals surface area contributed by atoms with E-state index in [1.54, 1.807) is 13.4 Å². The van der Waals surface area contributed by atoms with E-state index in [-0.39, 0.29) is 0 Å². The summed E-state index contributed by atoms with van der Waals surface area (Å²) >= 11 is 0. The van der Waals surface area contributed by atoms with Gasteiger partial charge in [-0.1, -0.05) is 24.3 Å². The van der Waals surface area contributed by atoms with Crippen molar-refractivity contribution in [2.24, 2.45) is 0 Å². The molecule has 1 aliphatic carbocycles. The topological polar surface area (TPSA) is 35.0 Å². The Morgan fingerprint density at radius 2 is 1.94 bits per heavy atom. The normalized spacial score (nSPS) is 14.6. The minimum Gasteiger partial charge on any atom is -0.480 e. The van der Waals surface area contributed by atoms with Crippen molar-refractivity contribution >= 4 is 0 Å². The number of nitrogens with zero attached hydrogens (tertiary/aromatic N) is 2. The van der Waals surface area contributed by atoms with Gasteiger partial charge in [-0.15, -0.1) is 0 Å². The maximum atomic E-state index is 5.42. The molecule has 1 saturated carbocycles. The van der Waals surface area contributed by atoms with E-state index in [0.717, 1.165) is 11.3 Å². The quantitative estimate of drug-likeness (QED) is 0.825. The van der Waals surface area contributed by atoms with E-state index in [9.17, 15) is 0 Å². The van der Waals surface area contributed by atoms with Crippen LogP contribution in [0, 0.1) is 6.92 Å². The van der Waals surface area contributed by atoms with Crippen LogP contribution < -0.4 is 4.74 Å². The molecule has 0 unspecified atom stereocenters. The molecule has 2 aromatic rings. The fraction of sp³-hybridized carbons (Fsp3) is 0.333. The highest BCUT2D eigenvalue weighted by atomic mass is 16.5. The van der Waals surface area contributed by atoms with E-state index in [0.29, 0.717) is 11.8 Å². The predicted octanol–water partition coefficient (Wildman–Crippen LogP) is 3.34. The van der Waals surface area contributed by atoms with Gasteiger partial charge >= 0.3 is 0 Å². The highest BCUT2D eigenvalue weighted by Crippen LogP contribution is 2.45. The number of hydrogen-bond donors (Lipinski definition) is 0. The van der Waals surface area contributed by atoms with Crippen LogP contribution in [0.1, 0.15) is 30.0 Å². The Morgan fingerprint density at radius 3 is 2.61 bits per heavy atom. The predicted molar refractivity (Wildman–Crippen MR) is 70.7 cm³/mol. The third kappa shape index (κ3) is 1.86. The van der Waals surface area contributed by atoms with Gasteiger partial charge in [0, 0.05) is 5.92 Å². The van der Waals surface area contributed by atoms with Gasteiger partial charge in [-0.2, -0.15) is 0 Å². The average molecular weight is 240 g/mol. The molecule has 3 heteroatoms. The van der Waals surface area contributed by atoms with Gasteiger partial charge in [0.1, 0.15) is 6.33 Å². The van der Waals surface area contributed by atoms with Crippen molar-refractivity contribution in [1.82, 2.24) is 9.97 Å². The lowest BCUT2D eigenvalue weighted by molar-refractivity contribution is 0.398. The molecule has 1 aliphatic rings. The van der Waals surface area contributed by atoms with E-state index in [2.05, 4.69) is 29.0 Å². The molecule has 0 N–H and O–H groups in total. The first-order chi connectivity index (χ1) is 8.81. The van der Waals surface area contributed by atoms with Crippen molar-refractivity contribution in [2.75, 3.05) is 7.11 Å². The first-order valence-corrected chi connectivity index (χ1v) is 6.26. The van der Waals surface area contributed by atoms with Gasteiger partial charge in [-0.05, 0) is 30.9 Å². The summed E-state index contributed by atoms with van der Waals surface area (Å²) < 4.78 is 5.42. The number of rotatable bonds is 3. The lowest BCUT2D eigenvalue weighted by Crippen LogP contribution is -2.00. The highest BCUT2D eigenvalue weighted by Gasteiger charge is 2.30. The van der Waals surface area contributed by atoms with Crippen LogP contribution >= 0.6 is 0 Å². The molecule has 92 valence electrons. The SMILES string of the molecule is COc1ncnc(C2CC2)c1-c1ccccc1C. The molecule has 1 aromatic carbocycles. The Hall–Kier alpha value is -1.90. The zero-order valence-corrected chi connectivity index (χ0v) is 10.7. The number of benzene rings is 1. The average Bonchev–Trinajstić information content (AvgIpc) is 3.23. The van der Waals surface area contributed by atoms with Crippen LogP contribution in [0.15, 0.2) is 30.6 Å². The molecule has 0 amide bonds. The zero-order chi connectivity index (χ0) is 12.5. The summed E-state index contributed by atoms with van der Waals surface area (Å²) in [4.78, 5) is 8.73. The second kappa shape index (κ2) is 4.41. The van der Waals surface area contributed by atoms with Crippen molar-refractivity contribution in [3.05, 3.63) is 41.9 Å². The Bertz CT molecular complexity index is 576. The van der Waals surface area contributed by atoms with E-state index in [1.165, 1.54) is 24.0 Å². The first kappa shape index (κ1) is 11.2. The lowest BCUT2D eigenvalue weighted by Gasteiger charge is -2.13. The molecule has 0 atom stereocenters. The minimum absolute atomic E-state index is 0.580. The molecule has 1 heterocycles. The molecular weight excluding hydrogens is 224 g/mol. The van der Waals surface area contributed by atoms with Crippen molar-refractivity contribution in [1.29, 1.82) is 0 Å². The number of aromatic nitrogens is 2. The van der Waals surface area contributed by atoms with Crippen molar-refractivity contribution in [3.8, 4) is 17.0 Å². The third-order valence-corrected chi connectivity index (χ3v) is 3.41. The van der Waals surface area contributed by atoms with E-state index >= 15 is 0 Å². The smallest absolute Gasteiger partial charge is 0.224 e. The second-order valence-corrected chi connectivity index (χ2v) is 4.73. The molecule has 0 spiro atoms. The number of ether oxygens (including phenoxy) is 1. The Balaban J connectivity index is 2.23. The summed E-state index contributed by atoms with van der Waals surface area (Å²) in [5.41, 5.74) is 4.61. The van der Waals surface area contributed by atoms with Crippen LogP contribution in [-0.2, 0) is 0 Å². The largest absolute Gasteiger partial charge is 0.480 e. The highest BCUT2D eigenvalue weighted by molar-refractivity contribution is 5.74. The molecule has 1 aromatic heterocycles. The van der Waals surface area contributed by atoms with Crippen molar-refractivity contribution < 1.29 is 4.74 Å². The molecule has 0 bridgehead atoms. The second-order valence-electron chi connectivity index (χ2n) is 4.73. The molecule has 0 saturated heterocycles. The fourth-order valence-electron chi connectivity index (χ4n) is 2.31. The number of hydrogen-bond acceptors (Lipinski definition) is 3. The van der Waals surface area contributed by atoms with Gasteiger partial charge in [0.25, 0.3) is 0 Å². The fourth-order valence-corrected chi connectivity index (χ4v) is 2.31. The molecule has 0 radical (unpaired) electrons. The monoisotopic (exact) mass is 240 g/mol.